The van der Waals surface area contributed by atoms with Gasteiger partial charge >= 0.3 is 0 Å². The lowest BCUT2D eigenvalue weighted by molar-refractivity contribution is 0.886. The van der Waals surface area contributed by atoms with Crippen LogP contribution in [-0.4, -0.2) is 14.5 Å². The number of halogens is 1. The average molecular weight is 286 g/mol. The molecule has 0 saturated carbocycles. The molecule has 0 unspecified atom stereocenters. The van der Waals surface area contributed by atoms with Crippen molar-refractivity contribution < 1.29 is 0 Å². The molecule has 3 aromatic rings. The van der Waals surface area contributed by atoms with Crippen molar-refractivity contribution in [3.05, 3.63) is 54.0 Å². The van der Waals surface area contributed by atoms with Gasteiger partial charge < -0.3 is 0 Å². The van der Waals surface area contributed by atoms with Crippen molar-refractivity contribution in [2.45, 2.75) is 25.6 Å². The van der Waals surface area contributed by atoms with Crippen LogP contribution in [0.1, 0.15) is 24.7 Å². The predicted octanol–water partition coefficient (Wildman–Crippen LogP) is 4.11. The Kier molecular flexibility index (Phi) is 3.70. The molecule has 0 spiro atoms. The number of rotatable bonds is 4. The minimum atomic E-state index is 0.372. The van der Waals surface area contributed by atoms with Crippen molar-refractivity contribution >= 4 is 22.8 Å². The molecule has 20 heavy (non-hydrogen) atoms. The summed E-state index contributed by atoms with van der Waals surface area (Å²) < 4.78 is 2.08. The Labute approximate surface area is 123 Å². The standard InChI is InChI=1S/C16H16ClN3/c1-2-6-12-7-3-4-9-14(12)20-15(11-17)19-13-8-5-10-18-16(13)20/h3-5,7-10H,2,6,11H2,1H3. The topological polar surface area (TPSA) is 30.7 Å². The highest BCUT2D eigenvalue weighted by Gasteiger charge is 2.14. The Bertz CT molecular complexity index is 733. The van der Waals surface area contributed by atoms with Crippen LogP contribution in [0.3, 0.4) is 0 Å². The summed E-state index contributed by atoms with van der Waals surface area (Å²) in [4.78, 5) is 9.05. The van der Waals surface area contributed by atoms with Crippen LogP contribution in [0.25, 0.3) is 16.9 Å². The number of nitrogens with zero attached hydrogens (tertiary/aromatic N) is 3. The molecule has 102 valence electrons. The second kappa shape index (κ2) is 5.63. The van der Waals surface area contributed by atoms with Gasteiger partial charge in [0.2, 0.25) is 0 Å². The molecule has 0 amide bonds. The molecule has 2 heterocycles. The van der Waals surface area contributed by atoms with Gasteiger partial charge in [0.1, 0.15) is 11.3 Å². The molecule has 0 aliphatic heterocycles. The van der Waals surface area contributed by atoms with E-state index in [2.05, 4.69) is 39.7 Å². The third kappa shape index (κ3) is 2.18. The second-order valence-electron chi connectivity index (χ2n) is 4.72. The van der Waals surface area contributed by atoms with Crippen LogP contribution in [0.2, 0.25) is 0 Å². The van der Waals surface area contributed by atoms with Crippen molar-refractivity contribution in [2.75, 3.05) is 0 Å². The third-order valence-corrected chi connectivity index (χ3v) is 3.60. The summed E-state index contributed by atoms with van der Waals surface area (Å²) in [5, 5.41) is 0. The number of hydrogen-bond acceptors (Lipinski definition) is 2. The van der Waals surface area contributed by atoms with E-state index < -0.39 is 0 Å². The molecule has 0 fully saturated rings. The molecule has 4 heteroatoms. The van der Waals surface area contributed by atoms with Gasteiger partial charge in [-0.15, -0.1) is 11.6 Å². The Balaban J connectivity index is 2.28. The fraction of sp³-hybridized carbons (Fsp3) is 0.250. The number of alkyl halides is 1. The first kappa shape index (κ1) is 13.1. The lowest BCUT2D eigenvalue weighted by Crippen LogP contribution is -2.04. The van der Waals surface area contributed by atoms with Crippen LogP contribution >= 0.6 is 11.6 Å². The Morgan fingerprint density at radius 2 is 2.00 bits per heavy atom. The molecule has 0 atom stereocenters. The second-order valence-corrected chi connectivity index (χ2v) is 4.99. The molecule has 0 N–H and O–H groups in total. The maximum atomic E-state index is 6.07. The number of hydrogen-bond donors (Lipinski definition) is 0. The zero-order chi connectivity index (χ0) is 13.9. The Morgan fingerprint density at radius 3 is 2.80 bits per heavy atom. The molecule has 3 nitrogen and oxygen atoms in total. The molecule has 0 aliphatic carbocycles. The summed E-state index contributed by atoms with van der Waals surface area (Å²) in [7, 11) is 0. The minimum Gasteiger partial charge on any atom is -0.279 e. The quantitative estimate of drug-likeness (QED) is 0.675. The van der Waals surface area contributed by atoms with E-state index in [0.29, 0.717) is 5.88 Å². The number of aromatic nitrogens is 3. The highest BCUT2D eigenvalue weighted by Crippen LogP contribution is 2.24. The SMILES string of the molecule is CCCc1ccccc1-n1c(CCl)nc2cccnc21. The zero-order valence-electron chi connectivity index (χ0n) is 11.4. The van der Waals surface area contributed by atoms with E-state index in [9.17, 15) is 0 Å². The fourth-order valence-electron chi connectivity index (χ4n) is 2.51. The van der Waals surface area contributed by atoms with Gasteiger partial charge in [0.15, 0.2) is 5.65 Å². The van der Waals surface area contributed by atoms with Crippen molar-refractivity contribution in [3.8, 4) is 5.69 Å². The van der Waals surface area contributed by atoms with Gasteiger partial charge in [-0.2, -0.15) is 0 Å². The Hall–Kier alpha value is -1.87. The monoisotopic (exact) mass is 285 g/mol. The number of fused-ring (bicyclic) bond motifs is 1. The predicted molar refractivity (Wildman–Crippen MR) is 82.4 cm³/mol. The maximum Gasteiger partial charge on any atom is 0.164 e. The van der Waals surface area contributed by atoms with Gasteiger partial charge in [-0.05, 0) is 30.2 Å². The molecule has 1 aromatic carbocycles. The molecular formula is C16H16ClN3. The van der Waals surface area contributed by atoms with Crippen LogP contribution in [-0.2, 0) is 12.3 Å². The highest BCUT2D eigenvalue weighted by atomic mass is 35.5. The van der Waals surface area contributed by atoms with E-state index in [1.165, 1.54) is 5.56 Å². The Morgan fingerprint density at radius 1 is 1.15 bits per heavy atom. The third-order valence-electron chi connectivity index (χ3n) is 3.36. The molecule has 0 aliphatic rings. The normalized spacial score (nSPS) is 11.1. The molecule has 0 radical (unpaired) electrons. The summed E-state index contributed by atoms with van der Waals surface area (Å²) in [5.41, 5.74) is 4.18. The van der Waals surface area contributed by atoms with Crippen LogP contribution in [0.15, 0.2) is 42.6 Å². The summed E-state index contributed by atoms with van der Waals surface area (Å²) in [6.07, 6.45) is 3.93. The molecule has 0 bridgehead atoms. The van der Waals surface area contributed by atoms with Gasteiger partial charge in [0.25, 0.3) is 0 Å². The fourth-order valence-corrected chi connectivity index (χ4v) is 2.69. The molecule has 2 aromatic heterocycles. The van der Waals surface area contributed by atoms with Crippen LogP contribution in [0.4, 0.5) is 0 Å². The van der Waals surface area contributed by atoms with Crippen molar-refractivity contribution in [3.63, 3.8) is 0 Å². The van der Waals surface area contributed by atoms with Gasteiger partial charge in [-0.3, -0.25) is 4.57 Å². The molecule has 0 saturated heterocycles. The lowest BCUT2D eigenvalue weighted by atomic mass is 10.1. The first-order valence-corrected chi connectivity index (χ1v) is 7.35. The smallest absolute Gasteiger partial charge is 0.164 e. The van der Waals surface area contributed by atoms with E-state index in [1.54, 1.807) is 6.20 Å². The summed E-state index contributed by atoms with van der Waals surface area (Å²) in [6.45, 7) is 2.18. The summed E-state index contributed by atoms with van der Waals surface area (Å²) in [6, 6.07) is 12.2. The summed E-state index contributed by atoms with van der Waals surface area (Å²) >= 11 is 6.07. The largest absolute Gasteiger partial charge is 0.279 e. The van der Waals surface area contributed by atoms with Gasteiger partial charge in [0, 0.05) is 6.20 Å². The molecular weight excluding hydrogens is 270 g/mol. The van der Waals surface area contributed by atoms with Gasteiger partial charge in [-0.25, -0.2) is 9.97 Å². The van der Waals surface area contributed by atoms with E-state index in [-0.39, 0.29) is 0 Å². The van der Waals surface area contributed by atoms with E-state index >= 15 is 0 Å². The lowest BCUT2D eigenvalue weighted by Gasteiger charge is -2.12. The average Bonchev–Trinajstić information content (AvgIpc) is 2.86. The molecule has 3 rings (SSSR count). The van der Waals surface area contributed by atoms with E-state index in [1.807, 2.05) is 18.2 Å². The van der Waals surface area contributed by atoms with Crippen molar-refractivity contribution in [1.82, 2.24) is 14.5 Å². The maximum absolute atomic E-state index is 6.07. The highest BCUT2D eigenvalue weighted by molar-refractivity contribution is 6.16. The zero-order valence-corrected chi connectivity index (χ0v) is 12.1. The van der Waals surface area contributed by atoms with Crippen molar-refractivity contribution in [2.24, 2.45) is 0 Å². The number of pyridine rings is 1. The van der Waals surface area contributed by atoms with E-state index in [4.69, 9.17) is 11.6 Å². The summed E-state index contributed by atoms with van der Waals surface area (Å²) in [5.74, 6) is 1.21. The van der Waals surface area contributed by atoms with Crippen LogP contribution < -0.4 is 0 Å². The van der Waals surface area contributed by atoms with Crippen LogP contribution in [0.5, 0.6) is 0 Å². The van der Waals surface area contributed by atoms with Gasteiger partial charge in [0.05, 0.1) is 11.6 Å². The van der Waals surface area contributed by atoms with Crippen molar-refractivity contribution in [1.29, 1.82) is 0 Å². The number of aryl methyl sites for hydroxylation is 1. The first-order chi connectivity index (χ1) is 9.85. The van der Waals surface area contributed by atoms with Gasteiger partial charge in [-0.1, -0.05) is 31.5 Å². The van der Waals surface area contributed by atoms with E-state index in [0.717, 1.165) is 35.5 Å². The number of benzene rings is 1. The minimum absolute atomic E-state index is 0.372. The number of imidazole rings is 1. The first-order valence-electron chi connectivity index (χ1n) is 6.81. The van der Waals surface area contributed by atoms with Crippen LogP contribution in [0, 0.1) is 0 Å². The number of para-hydroxylation sites is 1.